The molecule has 0 amide bonds. The van der Waals surface area contributed by atoms with E-state index in [2.05, 4.69) is 28.3 Å². The van der Waals surface area contributed by atoms with Crippen molar-refractivity contribution in [2.75, 3.05) is 0 Å². The molecule has 2 aromatic heterocycles. The van der Waals surface area contributed by atoms with Gasteiger partial charge in [-0.05, 0) is 29.8 Å². The predicted molar refractivity (Wildman–Crippen MR) is 114 cm³/mol. The van der Waals surface area contributed by atoms with Gasteiger partial charge in [-0.15, -0.1) is 0 Å². The third-order valence-electron chi connectivity index (χ3n) is 4.16. The van der Waals surface area contributed by atoms with Crippen LogP contribution in [0.25, 0.3) is 11.3 Å². The second kappa shape index (κ2) is 8.79. The summed E-state index contributed by atoms with van der Waals surface area (Å²) >= 11 is 0. The lowest BCUT2D eigenvalue weighted by Gasteiger charge is -2.08. The molecule has 0 fully saturated rings. The topological polar surface area (TPSA) is 85.3 Å². The van der Waals surface area contributed by atoms with Gasteiger partial charge in [0.05, 0.1) is 30.3 Å². The van der Waals surface area contributed by atoms with Crippen molar-refractivity contribution in [1.29, 1.82) is 0 Å². The summed E-state index contributed by atoms with van der Waals surface area (Å²) in [5, 5.41) is 18.1. The van der Waals surface area contributed by atoms with Crippen LogP contribution in [0.3, 0.4) is 0 Å². The minimum atomic E-state index is -0.195. The van der Waals surface area contributed by atoms with Crippen LogP contribution in [0.15, 0.2) is 95.8 Å². The quantitative estimate of drug-likeness (QED) is 0.383. The van der Waals surface area contributed by atoms with Crippen molar-refractivity contribution in [3.8, 4) is 11.3 Å². The molecule has 1 N–H and O–H groups in total. The first kappa shape index (κ1) is 19.8. The molecule has 0 bridgehead atoms. The van der Waals surface area contributed by atoms with Gasteiger partial charge in [0.25, 0.3) is 5.56 Å². The van der Waals surface area contributed by atoms with Crippen LogP contribution in [-0.2, 0) is 13.6 Å². The monoisotopic (exact) mass is 387 g/mol. The van der Waals surface area contributed by atoms with Gasteiger partial charge >= 0.3 is 0 Å². The van der Waals surface area contributed by atoms with Gasteiger partial charge in [0.15, 0.2) is 0 Å². The number of hydrogen-bond donors (Lipinski definition) is 1. The van der Waals surface area contributed by atoms with E-state index in [4.69, 9.17) is 0 Å². The highest BCUT2D eigenvalue weighted by atomic mass is 16.3. The maximum Gasteiger partial charge on any atom is 0.267 e. The molecular formula is C22H21N5O2. The number of hydrogen-bond acceptors (Lipinski definition) is 5. The molecule has 0 aliphatic heterocycles. The maximum absolute atomic E-state index is 12.3. The lowest BCUT2D eigenvalue weighted by molar-refractivity contribution is 0.431. The molecule has 29 heavy (non-hydrogen) atoms. The number of nitrogens with zero attached hydrogens (tertiary/aromatic N) is 5. The fourth-order valence-electron chi connectivity index (χ4n) is 2.71. The molecular weight excluding hydrogens is 366 g/mol. The van der Waals surface area contributed by atoms with Gasteiger partial charge in [-0.1, -0.05) is 31.4 Å². The van der Waals surface area contributed by atoms with Crippen LogP contribution in [0.1, 0.15) is 11.1 Å². The van der Waals surface area contributed by atoms with E-state index in [1.807, 2.05) is 37.5 Å². The summed E-state index contributed by atoms with van der Waals surface area (Å²) in [4.78, 5) is 16.5. The van der Waals surface area contributed by atoms with Gasteiger partial charge < -0.3 is 5.11 Å². The van der Waals surface area contributed by atoms with Gasteiger partial charge in [-0.25, -0.2) is 4.68 Å². The average molecular weight is 387 g/mol. The van der Waals surface area contributed by atoms with Gasteiger partial charge in [0.2, 0.25) is 0 Å². The first-order chi connectivity index (χ1) is 14.0. The number of rotatable bonds is 7. The van der Waals surface area contributed by atoms with E-state index in [0.29, 0.717) is 18.0 Å². The minimum absolute atomic E-state index is 0.0385. The molecule has 0 aliphatic carbocycles. The largest absolute Gasteiger partial charge is 0.506 e. The second-order valence-electron chi connectivity index (χ2n) is 6.29. The van der Waals surface area contributed by atoms with E-state index in [9.17, 15) is 9.90 Å². The summed E-state index contributed by atoms with van der Waals surface area (Å²) in [5.41, 5.74) is 3.59. The van der Waals surface area contributed by atoms with Gasteiger partial charge in [0.1, 0.15) is 5.76 Å². The molecule has 0 radical (unpaired) electrons. The van der Waals surface area contributed by atoms with Crippen molar-refractivity contribution >= 4 is 5.71 Å². The molecule has 2 heterocycles. The summed E-state index contributed by atoms with van der Waals surface area (Å²) in [5.74, 6) is -0.0385. The van der Waals surface area contributed by atoms with E-state index >= 15 is 0 Å². The first-order valence-electron chi connectivity index (χ1n) is 8.88. The van der Waals surface area contributed by atoms with Crippen LogP contribution in [-0.4, -0.2) is 30.4 Å². The summed E-state index contributed by atoms with van der Waals surface area (Å²) < 4.78 is 3.10. The summed E-state index contributed by atoms with van der Waals surface area (Å²) in [7, 11) is 1.83. The van der Waals surface area contributed by atoms with Crippen LogP contribution in [0.5, 0.6) is 0 Å². The normalized spacial score (nSPS) is 12.0. The third-order valence-corrected chi connectivity index (χ3v) is 4.16. The molecule has 3 aromatic rings. The van der Waals surface area contributed by atoms with E-state index in [1.54, 1.807) is 23.0 Å². The van der Waals surface area contributed by atoms with Crippen LogP contribution >= 0.6 is 0 Å². The van der Waals surface area contributed by atoms with Crippen molar-refractivity contribution in [1.82, 2.24) is 19.6 Å². The highest BCUT2D eigenvalue weighted by molar-refractivity contribution is 6.08. The van der Waals surface area contributed by atoms with Gasteiger partial charge in [-0.2, -0.15) is 10.2 Å². The van der Waals surface area contributed by atoms with Crippen molar-refractivity contribution in [3.05, 3.63) is 108 Å². The number of benzene rings is 1. The zero-order valence-corrected chi connectivity index (χ0v) is 16.1. The van der Waals surface area contributed by atoms with E-state index in [1.165, 1.54) is 23.0 Å². The van der Waals surface area contributed by atoms with E-state index in [0.717, 1.165) is 16.7 Å². The Bertz CT molecular complexity index is 1170. The van der Waals surface area contributed by atoms with Gasteiger partial charge in [0, 0.05) is 30.4 Å². The predicted octanol–water partition coefficient (Wildman–Crippen LogP) is 3.25. The fourth-order valence-corrected chi connectivity index (χ4v) is 2.71. The SMILES string of the molecule is C=C/C(O)=C\N=C(/C=C)c1cccc(Cn2nc(-c3cnn(C)c3)ccc2=O)c1. The van der Waals surface area contributed by atoms with Crippen molar-refractivity contribution in [2.45, 2.75) is 6.54 Å². The van der Waals surface area contributed by atoms with Crippen LogP contribution in [0, 0.1) is 0 Å². The minimum Gasteiger partial charge on any atom is -0.506 e. The van der Waals surface area contributed by atoms with Crippen LogP contribution in [0.4, 0.5) is 0 Å². The number of aryl methyl sites for hydroxylation is 1. The number of aliphatic imine (C=N–C) groups is 1. The Morgan fingerprint density at radius 2 is 2.07 bits per heavy atom. The Labute approximate surface area is 168 Å². The Balaban J connectivity index is 1.91. The molecule has 0 aliphatic rings. The van der Waals surface area contributed by atoms with Crippen LogP contribution in [0.2, 0.25) is 0 Å². The molecule has 7 nitrogen and oxygen atoms in total. The van der Waals surface area contributed by atoms with Crippen LogP contribution < -0.4 is 5.56 Å². The number of aliphatic hydroxyl groups excluding tert-OH is 1. The summed E-state index contributed by atoms with van der Waals surface area (Å²) in [6.07, 6.45) is 7.75. The maximum atomic E-state index is 12.3. The van der Waals surface area contributed by atoms with E-state index in [-0.39, 0.29) is 11.3 Å². The molecule has 1 aromatic carbocycles. The third kappa shape index (κ3) is 4.84. The summed E-state index contributed by atoms with van der Waals surface area (Å²) in [6.45, 7) is 7.56. The standard InChI is InChI=1S/C22H21N5O2/c1-4-19(28)13-23-20(5-2)17-8-6-7-16(11-17)14-27-22(29)10-9-21(25-27)18-12-24-26(3)15-18/h4-13,15,28H,1-2,14H2,3H3/b19-13+,23-20+. The zero-order valence-electron chi connectivity index (χ0n) is 16.1. The Morgan fingerprint density at radius 3 is 2.76 bits per heavy atom. The molecule has 3 rings (SSSR count). The smallest absolute Gasteiger partial charge is 0.267 e. The molecule has 0 unspecified atom stereocenters. The highest BCUT2D eigenvalue weighted by Crippen LogP contribution is 2.14. The molecule has 0 saturated heterocycles. The van der Waals surface area contributed by atoms with Gasteiger partial charge in [-0.3, -0.25) is 14.5 Å². The zero-order chi connectivity index (χ0) is 20.8. The van der Waals surface area contributed by atoms with Crippen molar-refractivity contribution < 1.29 is 5.11 Å². The Morgan fingerprint density at radius 1 is 1.24 bits per heavy atom. The highest BCUT2D eigenvalue weighted by Gasteiger charge is 2.07. The lowest BCUT2D eigenvalue weighted by atomic mass is 10.1. The molecule has 7 heteroatoms. The second-order valence-corrected chi connectivity index (χ2v) is 6.29. The Kier molecular flexibility index (Phi) is 5.99. The first-order valence-corrected chi connectivity index (χ1v) is 8.88. The lowest BCUT2D eigenvalue weighted by Crippen LogP contribution is -2.22. The molecule has 146 valence electrons. The number of aliphatic hydroxyl groups is 1. The van der Waals surface area contributed by atoms with Crippen molar-refractivity contribution in [3.63, 3.8) is 0 Å². The average Bonchev–Trinajstić information content (AvgIpc) is 3.16. The molecule has 0 saturated carbocycles. The Hall–Kier alpha value is -4.00. The van der Waals surface area contributed by atoms with Crippen molar-refractivity contribution in [2.24, 2.45) is 12.0 Å². The summed E-state index contributed by atoms with van der Waals surface area (Å²) in [6, 6.07) is 10.8. The fraction of sp³-hybridized carbons (Fsp3) is 0.0909. The molecule has 0 atom stereocenters. The van der Waals surface area contributed by atoms with E-state index < -0.39 is 0 Å². The molecule has 0 spiro atoms. The number of allylic oxidation sites excluding steroid dienone is 2. The number of aromatic nitrogens is 4.